The van der Waals surface area contributed by atoms with Gasteiger partial charge in [-0.15, -0.1) is 0 Å². The highest BCUT2D eigenvalue weighted by molar-refractivity contribution is 6.04. The van der Waals surface area contributed by atoms with Crippen molar-refractivity contribution >= 4 is 27.8 Å². The van der Waals surface area contributed by atoms with Gasteiger partial charge in [-0.2, -0.15) is 0 Å². The Labute approximate surface area is 136 Å². The summed E-state index contributed by atoms with van der Waals surface area (Å²) in [5, 5.41) is 3.51. The zero-order valence-corrected chi connectivity index (χ0v) is 13.0. The molecule has 1 aliphatic carbocycles. The number of aromatic nitrogens is 3. The lowest BCUT2D eigenvalue weighted by Gasteiger charge is -2.12. The van der Waals surface area contributed by atoms with E-state index in [4.69, 9.17) is 0 Å². The standard InChI is InChI=1S/C17H17FN4O2/c18-10-5-6-13-12(7-10)15-16(21-13)17(24)22(9-19-15)8-14(23)20-11-3-1-2-4-11/h5-7,9,11,21H,1-4,8H2,(H,20,23). The molecule has 1 amide bonds. The number of amides is 1. The van der Waals surface area contributed by atoms with E-state index in [0.29, 0.717) is 16.4 Å². The molecular weight excluding hydrogens is 311 g/mol. The average Bonchev–Trinajstić information content (AvgIpc) is 3.18. The highest BCUT2D eigenvalue weighted by Gasteiger charge is 2.18. The highest BCUT2D eigenvalue weighted by atomic mass is 19.1. The number of carbonyl (C=O) groups is 1. The number of fused-ring (bicyclic) bond motifs is 3. The lowest BCUT2D eigenvalue weighted by atomic mass is 10.2. The van der Waals surface area contributed by atoms with Gasteiger partial charge in [0.25, 0.3) is 5.56 Å². The Morgan fingerprint density at radius 2 is 2.17 bits per heavy atom. The summed E-state index contributed by atoms with van der Waals surface area (Å²) in [6, 6.07) is 4.45. The predicted molar refractivity (Wildman–Crippen MR) is 88.2 cm³/mol. The summed E-state index contributed by atoms with van der Waals surface area (Å²) >= 11 is 0. The van der Waals surface area contributed by atoms with Crippen molar-refractivity contribution in [2.75, 3.05) is 0 Å². The summed E-state index contributed by atoms with van der Waals surface area (Å²) < 4.78 is 14.7. The van der Waals surface area contributed by atoms with Crippen LogP contribution in [0.25, 0.3) is 21.9 Å². The molecule has 0 bridgehead atoms. The Morgan fingerprint density at radius 1 is 1.38 bits per heavy atom. The van der Waals surface area contributed by atoms with Gasteiger partial charge >= 0.3 is 0 Å². The molecule has 4 rings (SSSR count). The average molecular weight is 328 g/mol. The number of benzene rings is 1. The van der Waals surface area contributed by atoms with Crippen molar-refractivity contribution in [1.29, 1.82) is 0 Å². The Kier molecular flexibility index (Phi) is 3.55. The largest absolute Gasteiger partial charge is 0.352 e. The van der Waals surface area contributed by atoms with Crippen molar-refractivity contribution < 1.29 is 9.18 Å². The first kappa shape index (κ1) is 14.9. The van der Waals surface area contributed by atoms with Crippen LogP contribution in [0.3, 0.4) is 0 Å². The molecule has 0 aliphatic heterocycles. The van der Waals surface area contributed by atoms with E-state index >= 15 is 0 Å². The topological polar surface area (TPSA) is 79.8 Å². The van der Waals surface area contributed by atoms with Gasteiger partial charge in [0.15, 0.2) is 0 Å². The second-order valence-corrected chi connectivity index (χ2v) is 6.27. The van der Waals surface area contributed by atoms with E-state index in [1.807, 2.05) is 0 Å². The quantitative estimate of drug-likeness (QED) is 0.772. The van der Waals surface area contributed by atoms with Gasteiger partial charge in [0.05, 0.1) is 6.33 Å². The Morgan fingerprint density at radius 3 is 2.96 bits per heavy atom. The van der Waals surface area contributed by atoms with E-state index < -0.39 is 0 Å². The molecule has 0 spiro atoms. The Bertz CT molecular complexity index is 985. The zero-order valence-electron chi connectivity index (χ0n) is 13.0. The SMILES string of the molecule is O=C(Cn1cnc2c([nH]c3ccc(F)cc32)c1=O)NC1CCCC1. The molecule has 0 saturated heterocycles. The summed E-state index contributed by atoms with van der Waals surface area (Å²) in [5.74, 6) is -0.572. The maximum atomic E-state index is 13.4. The van der Waals surface area contributed by atoms with Gasteiger partial charge in [0, 0.05) is 16.9 Å². The van der Waals surface area contributed by atoms with E-state index in [1.165, 1.54) is 23.0 Å². The number of halogens is 1. The minimum atomic E-state index is -0.384. The van der Waals surface area contributed by atoms with Gasteiger partial charge in [-0.1, -0.05) is 12.8 Å². The third kappa shape index (κ3) is 2.55. The minimum Gasteiger partial charge on any atom is -0.352 e. The molecule has 1 aromatic carbocycles. The number of hydrogen-bond acceptors (Lipinski definition) is 3. The molecule has 1 aliphatic rings. The van der Waals surface area contributed by atoms with Crippen LogP contribution in [-0.2, 0) is 11.3 Å². The van der Waals surface area contributed by atoms with Gasteiger partial charge < -0.3 is 10.3 Å². The van der Waals surface area contributed by atoms with Gasteiger partial charge in [-0.25, -0.2) is 9.37 Å². The van der Waals surface area contributed by atoms with Crippen LogP contribution in [0.4, 0.5) is 4.39 Å². The second-order valence-electron chi connectivity index (χ2n) is 6.27. The molecule has 2 heterocycles. The molecule has 6 nitrogen and oxygen atoms in total. The molecule has 124 valence electrons. The molecular formula is C17H17FN4O2. The number of H-pyrrole nitrogens is 1. The number of aromatic amines is 1. The molecule has 7 heteroatoms. The van der Waals surface area contributed by atoms with E-state index in [2.05, 4.69) is 15.3 Å². The van der Waals surface area contributed by atoms with Crippen LogP contribution in [0.15, 0.2) is 29.3 Å². The van der Waals surface area contributed by atoms with Gasteiger partial charge in [-0.3, -0.25) is 14.2 Å². The van der Waals surface area contributed by atoms with Crippen LogP contribution in [0, 0.1) is 5.82 Å². The number of nitrogens with one attached hydrogen (secondary N) is 2. The molecule has 0 atom stereocenters. The van der Waals surface area contributed by atoms with Crippen LogP contribution in [0.2, 0.25) is 0 Å². The molecule has 1 fully saturated rings. The minimum absolute atomic E-state index is 0.0675. The van der Waals surface area contributed by atoms with Crippen LogP contribution in [0.5, 0.6) is 0 Å². The van der Waals surface area contributed by atoms with Crippen molar-refractivity contribution in [1.82, 2.24) is 19.9 Å². The fourth-order valence-corrected chi connectivity index (χ4v) is 3.37. The Hall–Kier alpha value is -2.70. The molecule has 1 saturated carbocycles. The first-order chi connectivity index (χ1) is 11.6. The van der Waals surface area contributed by atoms with Gasteiger partial charge in [-0.05, 0) is 31.0 Å². The lowest BCUT2D eigenvalue weighted by Crippen LogP contribution is -2.37. The molecule has 2 aromatic heterocycles. The first-order valence-electron chi connectivity index (χ1n) is 8.07. The van der Waals surface area contributed by atoms with Crippen LogP contribution in [-0.4, -0.2) is 26.5 Å². The Balaban J connectivity index is 1.66. The van der Waals surface area contributed by atoms with Crippen molar-refractivity contribution in [2.24, 2.45) is 0 Å². The summed E-state index contributed by atoms with van der Waals surface area (Å²) in [4.78, 5) is 31.9. The maximum Gasteiger partial charge on any atom is 0.278 e. The fraction of sp³-hybridized carbons (Fsp3) is 0.353. The molecule has 3 aromatic rings. The monoisotopic (exact) mass is 328 g/mol. The van der Waals surface area contributed by atoms with Crippen molar-refractivity contribution in [3.63, 3.8) is 0 Å². The van der Waals surface area contributed by atoms with E-state index in [0.717, 1.165) is 25.7 Å². The molecule has 0 radical (unpaired) electrons. The van der Waals surface area contributed by atoms with Crippen LogP contribution in [0.1, 0.15) is 25.7 Å². The smallest absolute Gasteiger partial charge is 0.278 e. The highest BCUT2D eigenvalue weighted by Crippen LogP contribution is 2.22. The third-order valence-electron chi connectivity index (χ3n) is 4.57. The second kappa shape index (κ2) is 5.74. The molecule has 2 N–H and O–H groups in total. The number of hydrogen-bond donors (Lipinski definition) is 2. The molecule has 0 unspecified atom stereocenters. The van der Waals surface area contributed by atoms with Crippen LogP contribution < -0.4 is 10.9 Å². The zero-order chi connectivity index (χ0) is 16.7. The van der Waals surface area contributed by atoms with Gasteiger partial charge in [0.2, 0.25) is 5.91 Å². The fourth-order valence-electron chi connectivity index (χ4n) is 3.37. The lowest BCUT2D eigenvalue weighted by molar-refractivity contribution is -0.122. The number of nitrogens with zero attached hydrogens (tertiary/aromatic N) is 2. The number of carbonyl (C=O) groups excluding carboxylic acids is 1. The third-order valence-corrected chi connectivity index (χ3v) is 4.57. The van der Waals surface area contributed by atoms with Gasteiger partial charge in [0.1, 0.15) is 23.4 Å². The van der Waals surface area contributed by atoms with Crippen LogP contribution >= 0.6 is 0 Å². The van der Waals surface area contributed by atoms with E-state index in [1.54, 1.807) is 6.07 Å². The summed E-state index contributed by atoms with van der Waals surface area (Å²) in [5.41, 5.74) is 1.01. The summed E-state index contributed by atoms with van der Waals surface area (Å²) in [6.07, 6.45) is 5.59. The van der Waals surface area contributed by atoms with Crippen molar-refractivity contribution in [3.8, 4) is 0 Å². The first-order valence-corrected chi connectivity index (χ1v) is 8.07. The van der Waals surface area contributed by atoms with Crippen molar-refractivity contribution in [2.45, 2.75) is 38.3 Å². The normalized spacial score (nSPS) is 15.4. The summed E-state index contributed by atoms with van der Waals surface area (Å²) in [7, 11) is 0. The molecule has 24 heavy (non-hydrogen) atoms. The van der Waals surface area contributed by atoms with Crippen molar-refractivity contribution in [3.05, 3.63) is 40.7 Å². The van der Waals surface area contributed by atoms with E-state index in [9.17, 15) is 14.0 Å². The predicted octanol–water partition coefficient (Wildman–Crippen LogP) is 2.08. The maximum absolute atomic E-state index is 13.4. The summed E-state index contributed by atoms with van der Waals surface area (Å²) in [6.45, 7) is -0.0675. The van der Waals surface area contributed by atoms with E-state index in [-0.39, 0.29) is 35.4 Å². The number of rotatable bonds is 3.